The smallest absolute Gasteiger partial charge is 0.337 e. The summed E-state index contributed by atoms with van der Waals surface area (Å²) in [7, 11) is 1.31. The number of aromatic nitrogens is 1. The first-order valence-electron chi connectivity index (χ1n) is 6.25. The van der Waals surface area contributed by atoms with E-state index in [9.17, 15) is 14.4 Å². The number of methoxy groups -OCH3 is 1. The quantitative estimate of drug-likeness (QED) is 0.824. The maximum Gasteiger partial charge on any atom is 0.337 e. The molecule has 0 saturated carbocycles. The summed E-state index contributed by atoms with van der Waals surface area (Å²) >= 11 is 0. The van der Waals surface area contributed by atoms with Gasteiger partial charge in [0.2, 0.25) is 0 Å². The lowest BCUT2D eigenvalue weighted by molar-refractivity contribution is 0.0600. The molecular weight excluding hydrogens is 272 g/mol. The minimum absolute atomic E-state index is 0.0590. The fraction of sp³-hybridized carbons (Fsp3) is 0.133. The Morgan fingerprint density at radius 1 is 1.19 bits per heavy atom. The Kier molecular flexibility index (Phi) is 4.50. The van der Waals surface area contributed by atoms with E-state index in [1.807, 2.05) is 0 Å². The Bertz CT molecular complexity index is 704. The Balaban J connectivity index is 2.00. The Morgan fingerprint density at radius 3 is 2.52 bits per heavy atom. The lowest BCUT2D eigenvalue weighted by atomic mass is 10.1. The van der Waals surface area contributed by atoms with Crippen LogP contribution in [0.1, 0.15) is 26.3 Å². The maximum absolute atomic E-state index is 11.9. The molecule has 0 aliphatic rings. The third-order valence-electron chi connectivity index (χ3n) is 2.89. The Labute approximate surface area is 120 Å². The van der Waals surface area contributed by atoms with Gasteiger partial charge >= 0.3 is 5.97 Å². The van der Waals surface area contributed by atoms with Crippen molar-refractivity contribution in [3.05, 3.63) is 69.6 Å². The molecule has 2 rings (SSSR count). The maximum atomic E-state index is 11.9. The minimum atomic E-state index is -0.450. The van der Waals surface area contributed by atoms with Gasteiger partial charge in [0.15, 0.2) is 0 Å². The van der Waals surface area contributed by atoms with Gasteiger partial charge in [-0.15, -0.1) is 0 Å². The molecule has 0 atom stereocenters. The highest BCUT2D eigenvalue weighted by Crippen LogP contribution is 2.05. The summed E-state index contributed by atoms with van der Waals surface area (Å²) in [5, 5.41) is 2.64. The van der Waals surface area contributed by atoms with E-state index in [4.69, 9.17) is 0 Å². The zero-order chi connectivity index (χ0) is 15.2. The van der Waals surface area contributed by atoms with Gasteiger partial charge < -0.3 is 15.0 Å². The molecule has 1 aromatic heterocycles. The van der Waals surface area contributed by atoms with Crippen LogP contribution in [0, 0.1) is 0 Å². The molecule has 0 saturated heterocycles. The van der Waals surface area contributed by atoms with E-state index in [-0.39, 0.29) is 12.1 Å². The number of nitrogens with one attached hydrogen (secondary N) is 2. The molecule has 2 N–H and O–H groups in total. The first-order chi connectivity index (χ1) is 10.1. The van der Waals surface area contributed by atoms with E-state index in [2.05, 4.69) is 15.0 Å². The zero-order valence-corrected chi connectivity index (χ0v) is 11.4. The summed E-state index contributed by atoms with van der Waals surface area (Å²) in [6.45, 7) is 0.259. The van der Waals surface area contributed by atoms with Gasteiger partial charge in [0.25, 0.3) is 11.5 Å². The lowest BCUT2D eigenvalue weighted by Crippen LogP contribution is -2.28. The summed E-state index contributed by atoms with van der Waals surface area (Å²) < 4.78 is 4.60. The van der Waals surface area contributed by atoms with Gasteiger partial charge in [-0.2, -0.15) is 0 Å². The number of carbonyl (C=O) groups is 2. The molecule has 0 aliphatic carbocycles. The van der Waals surface area contributed by atoms with Crippen LogP contribution in [0.5, 0.6) is 0 Å². The highest BCUT2D eigenvalue weighted by Gasteiger charge is 2.09. The van der Waals surface area contributed by atoms with Crippen molar-refractivity contribution in [1.29, 1.82) is 0 Å². The molecular formula is C15H14N2O4. The molecule has 0 fully saturated rings. The van der Waals surface area contributed by atoms with Crippen molar-refractivity contribution in [3.8, 4) is 0 Å². The molecule has 6 heteroatoms. The molecule has 2 aromatic rings. The number of benzene rings is 1. The van der Waals surface area contributed by atoms with E-state index in [1.54, 1.807) is 30.3 Å². The lowest BCUT2D eigenvalue weighted by Gasteiger charge is -2.05. The van der Waals surface area contributed by atoms with E-state index in [1.165, 1.54) is 19.4 Å². The molecule has 108 valence electrons. The predicted octanol–water partition coefficient (Wildman–Crippen LogP) is 1.09. The summed E-state index contributed by atoms with van der Waals surface area (Å²) in [6, 6.07) is 9.69. The second-order valence-corrected chi connectivity index (χ2v) is 4.28. The van der Waals surface area contributed by atoms with Crippen LogP contribution in [0.3, 0.4) is 0 Å². The van der Waals surface area contributed by atoms with Crippen LogP contribution in [0.25, 0.3) is 0 Å². The Morgan fingerprint density at radius 2 is 1.90 bits per heavy atom. The Hall–Kier alpha value is -2.89. The first kappa shape index (κ1) is 14.5. The number of ether oxygens (including phenoxy) is 1. The average molecular weight is 286 g/mol. The van der Waals surface area contributed by atoms with Gasteiger partial charge in [-0.05, 0) is 29.8 Å². The molecule has 0 bridgehead atoms. The fourth-order valence-corrected chi connectivity index (χ4v) is 1.75. The van der Waals surface area contributed by atoms with Crippen molar-refractivity contribution in [1.82, 2.24) is 10.3 Å². The largest absolute Gasteiger partial charge is 0.465 e. The van der Waals surface area contributed by atoms with Crippen molar-refractivity contribution in [2.75, 3.05) is 7.11 Å². The molecule has 0 unspecified atom stereocenters. The minimum Gasteiger partial charge on any atom is -0.465 e. The highest BCUT2D eigenvalue weighted by molar-refractivity contribution is 5.93. The topological polar surface area (TPSA) is 88.3 Å². The van der Waals surface area contributed by atoms with Gasteiger partial charge in [-0.25, -0.2) is 4.79 Å². The van der Waals surface area contributed by atoms with Crippen LogP contribution < -0.4 is 10.9 Å². The molecule has 0 aliphatic heterocycles. The number of carbonyl (C=O) groups excluding carboxylic acids is 2. The van der Waals surface area contributed by atoms with Gasteiger partial charge in [0.05, 0.1) is 12.7 Å². The second-order valence-electron chi connectivity index (χ2n) is 4.28. The van der Waals surface area contributed by atoms with Crippen LogP contribution >= 0.6 is 0 Å². The molecule has 1 amide bonds. The normalized spacial score (nSPS) is 9.95. The van der Waals surface area contributed by atoms with Gasteiger partial charge in [-0.3, -0.25) is 9.59 Å². The number of hydrogen-bond donors (Lipinski definition) is 2. The van der Waals surface area contributed by atoms with Gasteiger partial charge in [0.1, 0.15) is 5.56 Å². The summed E-state index contributed by atoms with van der Waals surface area (Å²) in [5.74, 6) is -0.865. The number of pyridine rings is 1. The van der Waals surface area contributed by atoms with Crippen LogP contribution in [-0.4, -0.2) is 24.0 Å². The molecule has 1 heterocycles. The number of aromatic amines is 1. The van der Waals surface area contributed by atoms with E-state index in [0.717, 1.165) is 5.56 Å². The molecule has 0 spiro atoms. The number of rotatable bonds is 4. The summed E-state index contributed by atoms with van der Waals surface area (Å²) in [5.41, 5.74) is 0.871. The van der Waals surface area contributed by atoms with Gasteiger partial charge in [0, 0.05) is 12.7 Å². The molecule has 1 aromatic carbocycles. The molecule has 21 heavy (non-hydrogen) atoms. The molecule has 6 nitrogen and oxygen atoms in total. The number of esters is 1. The zero-order valence-electron chi connectivity index (χ0n) is 11.4. The van der Waals surface area contributed by atoms with Crippen molar-refractivity contribution in [2.45, 2.75) is 6.54 Å². The number of amides is 1. The number of H-pyrrole nitrogens is 1. The SMILES string of the molecule is COC(=O)c1ccc(CNC(=O)c2ccc[nH]c2=O)cc1. The molecule has 0 radical (unpaired) electrons. The van der Waals surface area contributed by atoms with Crippen LogP contribution in [0.15, 0.2) is 47.4 Å². The monoisotopic (exact) mass is 286 g/mol. The third-order valence-corrected chi connectivity index (χ3v) is 2.89. The van der Waals surface area contributed by atoms with Crippen molar-refractivity contribution in [2.24, 2.45) is 0 Å². The van der Waals surface area contributed by atoms with Crippen molar-refractivity contribution in [3.63, 3.8) is 0 Å². The van der Waals surface area contributed by atoms with E-state index in [0.29, 0.717) is 5.56 Å². The second kappa shape index (κ2) is 6.51. The highest BCUT2D eigenvalue weighted by atomic mass is 16.5. The van der Waals surface area contributed by atoms with Crippen LogP contribution in [0.4, 0.5) is 0 Å². The van der Waals surface area contributed by atoms with Gasteiger partial charge in [-0.1, -0.05) is 12.1 Å². The standard InChI is InChI=1S/C15H14N2O4/c1-21-15(20)11-6-4-10(5-7-11)9-17-14(19)12-3-2-8-16-13(12)18/h2-8H,9H2,1H3,(H,16,18)(H,17,19). The summed E-state index contributed by atoms with van der Waals surface area (Å²) in [4.78, 5) is 37.0. The first-order valence-corrected chi connectivity index (χ1v) is 6.25. The van der Waals surface area contributed by atoms with Crippen molar-refractivity contribution < 1.29 is 14.3 Å². The average Bonchev–Trinajstić information content (AvgIpc) is 2.52. The van der Waals surface area contributed by atoms with Crippen LogP contribution in [0.2, 0.25) is 0 Å². The number of hydrogen-bond acceptors (Lipinski definition) is 4. The predicted molar refractivity (Wildman–Crippen MR) is 76.0 cm³/mol. The van der Waals surface area contributed by atoms with Crippen LogP contribution in [-0.2, 0) is 11.3 Å². The van der Waals surface area contributed by atoms with E-state index < -0.39 is 17.4 Å². The fourth-order valence-electron chi connectivity index (χ4n) is 1.75. The third kappa shape index (κ3) is 3.56. The van der Waals surface area contributed by atoms with E-state index >= 15 is 0 Å². The van der Waals surface area contributed by atoms with Crippen molar-refractivity contribution >= 4 is 11.9 Å². The summed E-state index contributed by atoms with van der Waals surface area (Å²) in [6.07, 6.45) is 1.46.